The van der Waals surface area contributed by atoms with Gasteiger partial charge in [0.05, 0.1) is 5.69 Å². The van der Waals surface area contributed by atoms with E-state index in [2.05, 4.69) is 16.0 Å². The lowest BCUT2D eigenvalue weighted by Crippen LogP contribution is -2.39. The van der Waals surface area contributed by atoms with Crippen LogP contribution in [0, 0.1) is 0 Å². The summed E-state index contributed by atoms with van der Waals surface area (Å²) in [6, 6.07) is 17.0. The lowest BCUT2D eigenvalue weighted by molar-refractivity contribution is -0.136. The summed E-state index contributed by atoms with van der Waals surface area (Å²) in [6.07, 6.45) is 0. The Bertz CT molecular complexity index is 750. The van der Waals surface area contributed by atoms with Crippen molar-refractivity contribution in [3.63, 3.8) is 0 Å². The number of carbonyl (C=O) groups is 3. The number of carbonyl (C=O) groups excluding carboxylic acids is 3. The Kier molecular flexibility index (Phi) is 7.03. The molecule has 0 atom stereocenters. The molecule has 2 rings (SSSR count). The van der Waals surface area contributed by atoms with E-state index in [1.807, 2.05) is 42.5 Å². The van der Waals surface area contributed by atoms with Crippen LogP contribution in [0.25, 0.3) is 0 Å². The van der Waals surface area contributed by atoms with Gasteiger partial charge in [0.2, 0.25) is 5.91 Å². The number of para-hydroxylation sites is 1. The maximum Gasteiger partial charge on any atom is 0.313 e. The fourth-order valence-electron chi connectivity index (χ4n) is 1.95. The van der Waals surface area contributed by atoms with Gasteiger partial charge in [0.15, 0.2) is 0 Å². The summed E-state index contributed by atoms with van der Waals surface area (Å²) >= 11 is 1.50. The van der Waals surface area contributed by atoms with E-state index >= 15 is 0 Å². The van der Waals surface area contributed by atoms with Gasteiger partial charge in [-0.05, 0) is 24.3 Å². The van der Waals surface area contributed by atoms with Crippen LogP contribution >= 0.6 is 11.8 Å². The first-order valence-corrected chi connectivity index (χ1v) is 8.53. The van der Waals surface area contributed by atoms with Gasteiger partial charge >= 0.3 is 11.8 Å². The van der Waals surface area contributed by atoms with Crippen LogP contribution in [0.15, 0.2) is 64.4 Å². The maximum atomic E-state index is 12.0. The molecule has 0 bridgehead atoms. The molecule has 0 aliphatic rings. The number of rotatable bonds is 6. The maximum absolute atomic E-state index is 12.0. The van der Waals surface area contributed by atoms with Crippen LogP contribution < -0.4 is 16.0 Å². The second-order valence-electron chi connectivity index (χ2n) is 5.10. The highest BCUT2D eigenvalue weighted by atomic mass is 32.2. The Morgan fingerprint density at radius 1 is 0.840 bits per heavy atom. The third-order valence-electron chi connectivity index (χ3n) is 3.10. The van der Waals surface area contributed by atoms with E-state index in [0.717, 1.165) is 9.79 Å². The molecule has 0 aromatic heterocycles. The zero-order valence-electron chi connectivity index (χ0n) is 13.7. The number of benzene rings is 2. The van der Waals surface area contributed by atoms with Crippen molar-refractivity contribution < 1.29 is 14.4 Å². The molecular weight excluding hydrogens is 338 g/mol. The third kappa shape index (κ3) is 6.31. The number of amides is 3. The molecule has 130 valence electrons. The van der Waals surface area contributed by atoms with Gasteiger partial charge < -0.3 is 16.0 Å². The monoisotopic (exact) mass is 357 g/mol. The van der Waals surface area contributed by atoms with Gasteiger partial charge in [0, 0.05) is 29.8 Å². The summed E-state index contributed by atoms with van der Waals surface area (Å²) in [6.45, 7) is 1.84. The van der Waals surface area contributed by atoms with Crippen molar-refractivity contribution in [3.05, 3.63) is 54.6 Å². The molecule has 0 aliphatic heterocycles. The predicted octanol–water partition coefficient (Wildman–Crippen LogP) is 2.03. The van der Waals surface area contributed by atoms with Crippen LogP contribution in [0.5, 0.6) is 0 Å². The Labute approximate surface area is 150 Å². The van der Waals surface area contributed by atoms with Gasteiger partial charge in [0.1, 0.15) is 0 Å². The Morgan fingerprint density at radius 2 is 1.48 bits per heavy atom. The zero-order valence-corrected chi connectivity index (χ0v) is 14.6. The van der Waals surface area contributed by atoms with Crippen molar-refractivity contribution in [2.24, 2.45) is 0 Å². The minimum atomic E-state index is -0.746. The lowest BCUT2D eigenvalue weighted by Gasteiger charge is -2.11. The molecule has 0 radical (unpaired) electrons. The first kappa shape index (κ1) is 18.5. The van der Waals surface area contributed by atoms with Crippen LogP contribution in [-0.2, 0) is 14.4 Å². The highest BCUT2D eigenvalue weighted by Gasteiger charge is 2.15. The van der Waals surface area contributed by atoms with E-state index in [9.17, 15) is 14.4 Å². The Morgan fingerprint density at radius 3 is 2.20 bits per heavy atom. The molecule has 0 saturated carbocycles. The third-order valence-corrected chi connectivity index (χ3v) is 4.18. The van der Waals surface area contributed by atoms with Gasteiger partial charge in [-0.2, -0.15) is 0 Å². The summed E-state index contributed by atoms with van der Waals surface area (Å²) in [7, 11) is 0. The smallest absolute Gasteiger partial charge is 0.313 e. The predicted molar refractivity (Wildman–Crippen MR) is 97.3 cm³/mol. The molecule has 2 aromatic carbocycles. The molecule has 0 unspecified atom stereocenters. The summed E-state index contributed by atoms with van der Waals surface area (Å²) in [5.74, 6) is -1.68. The summed E-state index contributed by atoms with van der Waals surface area (Å²) < 4.78 is 0. The molecule has 0 saturated heterocycles. The average molecular weight is 357 g/mol. The summed E-state index contributed by atoms with van der Waals surface area (Å²) in [5.41, 5.74) is 0.568. The van der Waals surface area contributed by atoms with Gasteiger partial charge in [-0.3, -0.25) is 14.4 Å². The van der Waals surface area contributed by atoms with Gasteiger partial charge in [-0.1, -0.05) is 42.1 Å². The van der Waals surface area contributed by atoms with E-state index in [4.69, 9.17) is 0 Å². The molecular formula is C18H19N3O3S. The lowest BCUT2D eigenvalue weighted by atomic mass is 10.3. The van der Waals surface area contributed by atoms with Gasteiger partial charge in [-0.25, -0.2) is 0 Å². The minimum absolute atomic E-state index is 0.187. The Balaban J connectivity index is 1.94. The fraction of sp³-hybridized carbons (Fsp3) is 0.167. The van der Waals surface area contributed by atoms with Crippen molar-refractivity contribution in [3.8, 4) is 0 Å². The van der Waals surface area contributed by atoms with Crippen LogP contribution in [0.1, 0.15) is 6.92 Å². The average Bonchev–Trinajstić information content (AvgIpc) is 2.61. The molecule has 0 heterocycles. The molecule has 0 aliphatic carbocycles. The first-order chi connectivity index (χ1) is 12.1. The highest BCUT2D eigenvalue weighted by Crippen LogP contribution is 2.33. The Hall–Kier alpha value is -2.80. The van der Waals surface area contributed by atoms with Crippen molar-refractivity contribution in [1.29, 1.82) is 0 Å². The van der Waals surface area contributed by atoms with Crippen LogP contribution in [0.2, 0.25) is 0 Å². The second-order valence-corrected chi connectivity index (χ2v) is 6.22. The van der Waals surface area contributed by atoms with Crippen LogP contribution in [-0.4, -0.2) is 30.8 Å². The van der Waals surface area contributed by atoms with Crippen molar-refractivity contribution in [2.75, 3.05) is 18.4 Å². The van der Waals surface area contributed by atoms with Crippen molar-refractivity contribution in [1.82, 2.24) is 10.6 Å². The molecule has 2 aromatic rings. The quantitative estimate of drug-likeness (QED) is 0.545. The molecule has 0 spiro atoms. The topological polar surface area (TPSA) is 87.3 Å². The van der Waals surface area contributed by atoms with Gasteiger partial charge in [-0.15, -0.1) is 0 Å². The van der Waals surface area contributed by atoms with E-state index in [1.165, 1.54) is 18.7 Å². The molecule has 25 heavy (non-hydrogen) atoms. The van der Waals surface area contributed by atoms with E-state index < -0.39 is 11.8 Å². The van der Waals surface area contributed by atoms with E-state index in [1.54, 1.807) is 12.1 Å². The largest absolute Gasteiger partial charge is 0.355 e. The molecule has 3 N–H and O–H groups in total. The van der Waals surface area contributed by atoms with E-state index in [0.29, 0.717) is 5.69 Å². The fourth-order valence-corrected chi connectivity index (χ4v) is 2.87. The van der Waals surface area contributed by atoms with E-state index in [-0.39, 0.29) is 19.0 Å². The minimum Gasteiger partial charge on any atom is -0.355 e. The molecule has 0 fully saturated rings. The normalized spacial score (nSPS) is 9.96. The van der Waals surface area contributed by atoms with Crippen LogP contribution in [0.4, 0.5) is 5.69 Å². The zero-order chi connectivity index (χ0) is 18.1. The molecule has 6 nitrogen and oxygen atoms in total. The second kappa shape index (κ2) is 9.48. The van der Waals surface area contributed by atoms with Crippen molar-refractivity contribution in [2.45, 2.75) is 16.7 Å². The van der Waals surface area contributed by atoms with Gasteiger partial charge in [0.25, 0.3) is 0 Å². The number of hydrogen-bond donors (Lipinski definition) is 3. The summed E-state index contributed by atoms with van der Waals surface area (Å²) in [4.78, 5) is 36.5. The van der Waals surface area contributed by atoms with Crippen LogP contribution in [0.3, 0.4) is 0 Å². The summed E-state index contributed by atoms with van der Waals surface area (Å²) in [5, 5.41) is 7.61. The van der Waals surface area contributed by atoms with Crippen molar-refractivity contribution >= 4 is 35.2 Å². The number of hydrogen-bond acceptors (Lipinski definition) is 4. The SMILES string of the molecule is CC(=O)NCCNC(=O)C(=O)Nc1ccccc1Sc1ccccc1. The first-order valence-electron chi connectivity index (χ1n) is 7.72. The number of anilines is 1. The standard InChI is InChI=1S/C18H19N3O3S/c1-13(22)19-11-12-20-17(23)18(24)21-15-9-5-6-10-16(15)25-14-7-3-2-4-8-14/h2-10H,11-12H2,1H3,(H,19,22)(H,20,23)(H,21,24). The number of nitrogens with one attached hydrogen (secondary N) is 3. The molecule has 7 heteroatoms. The molecule has 3 amide bonds. The highest BCUT2D eigenvalue weighted by molar-refractivity contribution is 7.99.